The molecule has 0 saturated heterocycles. The number of para-hydroxylation sites is 2. The van der Waals surface area contributed by atoms with E-state index in [0.717, 1.165) is 34.6 Å². The van der Waals surface area contributed by atoms with Gasteiger partial charge in [0.1, 0.15) is 25.6 Å². The number of carbonyl (C=O) groups is 1. The maximum Gasteiger partial charge on any atom is 0.421 e. The van der Waals surface area contributed by atoms with Crippen molar-refractivity contribution < 1.29 is 23.4 Å². The molecule has 250 valence electrons. The number of rotatable bonds is 11. The van der Waals surface area contributed by atoms with Crippen LogP contribution < -0.4 is 14.4 Å². The van der Waals surface area contributed by atoms with Crippen LogP contribution in [-0.2, 0) is 15.8 Å². The molecule has 0 saturated carbocycles. The summed E-state index contributed by atoms with van der Waals surface area (Å²) in [5.41, 5.74) is 7.48. The van der Waals surface area contributed by atoms with Crippen molar-refractivity contribution in [3.8, 4) is 23.0 Å². The highest BCUT2D eigenvalue weighted by molar-refractivity contribution is 6.83. The van der Waals surface area contributed by atoms with Gasteiger partial charge in [0.25, 0.3) is 0 Å². The van der Waals surface area contributed by atoms with Crippen LogP contribution in [0.3, 0.4) is 0 Å². The normalized spacial score (nSPS) is 15.6. The Labute approximate surface area is 284 Å². The molecule has 6 nitrogen and oxygen atoms in total. The molecular weight excluding hydrogens is 619 g/mol. The van der Waals surface area contributed by atoms with Crippen molar-refractivity contribution in [2.24, 2.45) is 5.92 Å². The molecule has 0 spiro atoms. The van der Waals surface area contributed by atoms with Crippen molar-refractivity contribution in [1.82, 2.24) is 0 Å². The van der Waals surface area contributed by atoms with E-state index in [1.807, 2.05) is 60.7 Å². The Morgan fingerprint density at radius 2 is 1.55 bits per heavy atom. The first kappa shape index (κ1) is 36.2. The van der Waals surface area contributed by atoms with E-state index in [2.05, 4.69) is 77.1 Å². The Morgan fingerprint density at radius 3 is 2.19 bits per heavy atom. The maximum atomic E-state index is 13.9. The van der Waals surface area contributed by atoms with Gasteiger partial charge in [-0.1, -0.05) is 94.9 Å². The number of benzene rings is 3. The zero-order chi connectivity index (χ0) is 34.2. The molecule has 0 unspecified atom stereocenters. The van der Waals surface area contributed by atoms with Crippen LogP contribution in [0.25, 0.3) is 5.57 Å². The third kappa shape index (κ3) is 9.94. The van der Waals surface area contributed by atoms with E-state index >= 15 is 0 Å². The van der Waals surface area contributed by atoms with E-state index in [1.165, 1.54) is 0 Å². The summed E-state index contributed by atoms with van der Waals surface area (Å²) in [5, 5.41) is 0.112. The van der Waals surface area contributed by atoms with Crippen LogP contribution >= 0.6 is 0 Å². The van der Waals surface area contributed by atoms with E-state index in [9.17, 15) is 4.79 Å². The molecule has 1 aliphatic heterocycles. The Kier molecular flexibility index (Phi) is 12.0. The van der Waals surface area contributed by atoms with Crippen molar-refractivity contribution in [3.63, 3.8) is 0 Å². The molecule has 4 rings (SSSR count). The van der Waals surface area contributed by atoms with E-state index in [0.29, 0.717) is 25.6 Å². The lowest BCUT2D eigenvalue weighted by Gasteiger charge is -2.37. The van der Waals surface area contributed by atoms with Crippen molar-refractivity contribution >= 4 is 33.7 Å². The quantitative estimate of drug-likeness (QED) is 0.150. The summed E-state index contributed by atoms with van der Waals surface area (Å²) in [4.78, 5) is 15.6. The smallest absolute Gasteiger partial charge is 0.421 e. The summed E-state index contributed by atoms with van der Waals surface area (Å²) in [5.74, 6) is 4.81. The third-order valence-corrected chi connectivity index (χ3v) is 14.2. The number of fused-ring (bicyclic) bond motifs is 1. The van der Waals surface area contributed by atoms with Gasteiger partial charge < -0.3 is 18.6 Å². The number of nitrogens with zero attached hydrogens (tertiary/aromatic N) is 1. The van der Waals surface area contributed by atoms with Crippen LogP contribution in [0.1, 0.15) is 38.3 Å². The Morgan fingerprint density at radius 1 is 0.894 bits per heavy atom. The molecule has 2 atom stereocenters. The summed E-state index contributed by atoms with van der Waals surface area (Å²) >= 11 is 0. The fourth-order valence-corrected chi connectivity index (χ4v) is 6.70. The average molecular weight is 670 g/mol. The van der Waals surface area contributed by atoms with Gasteiger partial charge in [-0.2, -0.15) is 0 Å². The number of hydrogen-bond donors (Lipinski definition) is 0. The number of amides is 1. The van der Waals surface area contributed by atoms with E-state index < -0.39 is 28.5 Å². The maximum absolute atomic E-state index is 13.9. The summed E-state index contributed by atoms with van der Waals surface area (Å²) in [6.07, 6.45) is 2.47. The standard InChI is InChI=1S/C39H51NO5Si2/c1-39(2,3)47(8,9)44-25-23-31(29-43-28-30-19-21-33(42-4)22-20-30)36-27-32(24-26-46(5,6)7)40(37-18-14-13-17-35(36)37)38(41)45-34-15-11-10-12-16-34/h10-22,27,31-32H,23,25,28-29H2,1-9H3/t31-,32+/m1/s1. The molecule has 8 heteroatoms. The number of methoxy groups -OCH3 is 1. The largest absolute Gasteiger partial charge is 0.497 e. The summed E-state index contributed by atoms with van der Waals surface area (Å²) in [6, 6.07) is 24.7. The number of hydrogen-bond acceptors (Lipinski definition) is 5. The molecule has 1 amide bonds. The average Bonchev–Trinajstić information content (AvgIpc) is 3.02. The molecular formula is C39H51NO5Si2. The lowest BCUT2D eigenvalue weighted by molar-refractivity contribution is 0.0940. The summed E-state index contributed by atoms with van der Waals surface area (Å²) in [7, 11) is -2.05. The highest BCUT2D eigenvalue weighted by Gasteiger charge is 2.38. The van der Waals surface area contributed by atoms with E-state index in [1.54, 1.807) is 24.1 Å². The molecule has 0 bridgehead atoms. The van der Waals surface area contributed by atoms with Crippen molar-refractivity contribution in [2.45, 2.75) is 77.6 Å². The first-order chi connectivity index (χ1) is 22.2. The van der Waals surface area contributed by atoms with Crippen LogP contribution in [0.15, 0.2) is 84.9 Å². The van der Waals surface area contributed by atoms with Crippen LogP contribution in [-0.4, -0.2) is 48.8 Å². The van der Waals surface area contributed by atoms with Gasteiger partial charge >= 0.3 is 6.09 Å². The SMILES string of the molecule is COc1ccc(COC[C@@H](CCO[Si](C)(C)C(C)(C)C)C2=C[C@H](C#C[Si](C)(C)C)N(C(=O)Oc3ccccc3)c3ccccc32)cc1. The zero-order valence-electron chi connectivity index (χ0n) is 29.6. The topological polar surface area (TPSA) is 57.2 Å². The van der Waals surface area contributed by atoms with E-state index in [4.69, 9.17) is 18.6 Å². The minimum absolute atomic E-state index is 0.0163. The Hall–Kier alpha value is -3.62. The summed E-state index contributed by atoms with van der Waals surface area (Å²) in [6.45, 7) is 19.6. The van der Waals surface area contributed by atoms with Crippen molar-refractivity contribution in [1.29, 1.82) is 0 Å². The van der Waals surface area contributed by atoms with Gasteiger partial charge in [-0.25, -0.2) is 4.79 Å². The molecule has 0 radical (unpaired) electrons. The molecule has 3 aromatic rings. The molecule has 1 heterocycles. The monoisotopic (exact) mass is 669 g/mol. The number of ether oxygens (including phenoxy) is 3. The van der Waals surface area contributed by atoms with Gasteiger partial charge in [0.05, 0.1) is 26.0 Å². The van der Waals surface area contributed by atoms with Crippen molar-refractivity contribution in [2.75, 3.05) is 25.2 Å². The molecule has 47 heavy (non-hydrogen) atoms. The van der Waals surface area contributed by atoms with Crippen LogP contribution in [0, 0.1) is 17.4 Å². The predicted octanol–water partition coefficient (Wildman–Crippen LogP) is 9.59. The second-order valence-corrected chi connectivity index (χ2v) is 24.2. The third-order valence-electron chi connectivity index (χ3n) is 8.75. The highest BCUT2D eigenvalue weighted by Crippen LogP contribution is 2.41. The van der Waals surface area contributed by atoms with Gasteiger partial charge in [-0.3, -0.25) is 4.90 Å². The molecule has 1 aliphatic rings. The molecule has 0 aromatic heterocycles. The van der Waals surface area contributed by atoms with Gasteiger partial charge in [-0.15, -0.1) is 5.54 Å². The van der Waals surface area contributed by atoms with E-state index in [-0.39, 0.29) is 11.0 Å². The zero-order valence-corrected chi connectivity index (χ0v) is 31.6. The predicted molar refractivity (Wildman–Crippen MR) is 198 cm³/mol. The number of anilines is 1. The summed E-state index contributed by atoms with van der Waals surface area (Å²) < 4.78 is 24.3. The lowest BCUT2D eigenvalue weighted by atomic mass is 9.85. The minimum atomic E-state index is -1.96. The fourth-order valence-electron chi connectivity index (χ4n) is 5.06. The highest BCUT2D eigenvalue weighted by atomic mass is 28.4. The minimum Gasteiger partial charge on any atom is -0.497 e. The Bertz CT molecular complexity index is 1580. The molecule has 0 fully saturated rings. The van der Waals surface area contributed by atoms with Gasteiger partial charge in [-0.05, 0) is 72.1 Å². The molecule has 0 aliphatic carbocycles. The van der Waals surface area contributed by atoms with Gasteiger partial charge in [0.2, 0.25) is 0 Å². The van der Waals surface area contributed by atoms with Crippen LogP contribution in [0.2, 0.25) is 37.8 Å². The van der Waals surface area contributed by atoms with Gasteiger partial charge in [0, 0.05) is 18.1 Å². The number of carbonyl (C=O) groups excluding carboxylic acids is 1. The Balaban J connectivity index is 1.70. The lowest BCUT2D eigenvalue weighted by Crippen LogP contribution is -2.44. The fraction of sp³-hybridized carbons (Fsp3) is 0.410. The first-order valence-corrected chi connectivity index (χ1v) is 22.8. The molecule has 0 N–H and O–H groups in total. The van der Waals surface area contributed by atoms with Crippen molar-refractivity contribution in [3.05, 3.63) is 96.1 Å². The van der Waals surface area contributed by atoms with Crippen LogP contribution in [0.5, 0.6) is 11.5 Å². The second kappa shape index (κ2) is 15.5. The van der Waals surface area contributed by atoms with Gasteiger partial charge in [0.15, 0.2) is 8.32 Å². The molecule has 3 aromatic carbocycles. The second-order valence-electron chi connectivity index (χ2n) is 14.6. The first-order valence-electron chi connectivity index (χ1n) is 16.4. The van der Waals surface area contributed by atoms with Crippen LogP contribution in [0.4, 0.5) is 10.5 Å².